The minimum Gasteiger partial charge on any atom is -0.493 e. The van der Waals surface area contributed by atoms with E-state index in [0.717, 1.165) is 21.6 Å². The lowest BCUT2D eigenvalue weighted by Gasteiger charge is -2.27. The highest BCUT2D eigenvalue weighted by Crippen LogP contribution is 2.35. The molecular weight excluding hydrogens is 578 g/mol. The Bertz CT molecular complexity index is 1380. The van der Waals surface area contributed by atoms with Gasteiger partial charge in [-0.1, -0.05) is 18.2 Å². The summed E-state index contributed by atoms with van der Waals surface area (Å²) in [6.45, 7) is 3.91. The van der Waals surface area contributed by atoms with Gasteiger partial charge in [0.05, 0.1) is 16.4 Å². The smallest absolute Gasteiger partial charge is 0.335 e. The van der Waals surface area contributed by atoms with Crippen LogP contribution < -0.4 is 19.7 Å². The number of aryl methyl sites for hydroxylation is 2. The molecule has 0 atom stereocenters. The van der Waals surface area contributed by atoms with Crippen LogP contribution in [0.2, 0.25) is 0 Å². The van der Waals surface area contributed by atoms with Crippen molar-refractivity contribution in [2.45, 2.75) is 20.5 Å². The van der Waals surface area contributed by atoms with E-state index in [0.29, 0.717) is 26.3 Å². The van der Waals surface area contributed by atoms with Crippen LogP contribution in [0.4, 0.5) is 14.9 Å². The normalized spacial score (nSPS) is 14.8. The number of anilines is 1. The van der Waals surface area contributed by atoms with Gasteiger partial charge in [0, 0.05) is 0 Å². The van der Waals surface area contributed by atoms with E-state index in [9.17, 15) is 18.8 Å². The third-order valence-electron chi connectivity index (χ3n) is 5.43. The Kier molecular flexibility index (Phi) is 7.39. The molecule has 0 radical (unpaired) electrons. The van der Waals surface area contributed by atoms with Gasteiger partial charge in [0.25, 0.3) is 11.8 Å². The van der Waals surface area contributed by atoms with Crippen LogP contribution >= 0.6 is 22.6 Å². The zero-order valence-corrected chi connectivity index (χ0v) is 21.9. The molecule has 184 valence electrons. The maximum absolute atomic E-state index is 13.3. The van der Waals surface area contributed by atoms with Crippen LogP contribution in [0.3, 0.4) is 0 Å². The number of hydrogen-bond acceptors (Lipinski definition) is 5. The molecule has 0 unspecified atom stereocenters. The van der Waals surface area contributed by atoms with Crippen LogP contribution in [-0.4, -0.2) is 25.0 Å². The van der Waals surface area contributed by atoms with Crippen molar-refractivity contribution in [3.63, 3.8) is 0 Å². The van der Waals surface area contributed by atoms with E-state index in [1.54, 1.807) is 36.4 Å². The lowest BCUT2D eigenvalue weighted by atomic mass is 10.0. The number of rotatable bonds is 6. The maximum Gasteiger partial charge on any atom is 0.335 e. The lowest BCUT2D eigenvalue weighted by molar-refractivity contribution is -0.122. The molecule has 3 aromatic carbocycles. The second-order valence-electron chi connectivity index (χ2n) is 8.25. The summed E-state index contributed by atoms with van der Waals surface area (Å²) >= 11 is 2.07. The fourth-order valence-corrected chi connectivity index (χ4v) is 4.62. The Hall–Kier alpha value is -3.73. The zero-order valence-electron chi connectivity index (χ0n) is 19.7. The number of imide groups is 2. The molecule has 4 rings (SSSR count). The van der Waals surface area contributed by atoms with E-state index in [2.05, 4.69) is 27.9 Å². The average molecular weight is 600 g/mol. The monoisotopic (exact) mass is 600 g/mol. The van der Waals surface area contributed by atoms with Gasteiger partial charge in [-0.2, -0.15) is 0 Å². The molecule has 3 aromatic rings. The third kappa shape index (κ3) is 5.40. The first-order chi connectivity index (χ1) is 17.2. The molecule has 4 amide bonds. The number of benzene rings is 3. The number of methoxy groups -OCH3 is 1. The van der Waals surface area contributed by atoms with Crippen molar-refractivity contribution in [3.8, 4) is 11.5 Å². The Morgan fingerprint density at radius 2 is 1.67 bits per heavy atom. The zero-order chi connectivity index (χ0) is 26.0. The van der Waals surface area contributed by atoms with Crippen molar-refractivity contribution < 1.29 is 28.2 Å². The highest BCUT2D eigenvalue weighted by Gasteiger charge is 2.37. The van der Waals surface area contributed by atoms with Gasteiger partial charge in [-0.05, 0) is 101 Å². The number of ether oxygens (including phenoxy) is 2. The molecule has 0 aliphatic carbocycles. The topological polar surface area (TPSA) is 84.9 Å². The molecule has 0 saturated carbocycles. The van der Waals surface area contributed by atoms with Gasteiger partial charge >= 0.3 is 6.03 Å². The van der Waals surface area contributed by atoms with Crippen LogP contribution in [0.5, 0.6) is 11.5 Å². The van der Waals surface area contributed by atoms with E-state index >= 15 is 0 Å². The van der Waals surface area contributed by atoms with E-state index in [1.165, 1.54) is 25.3 Å². The molecule has 1 saturated heterocycles. The van der Waals surface area contributed by atoms with Crippen molar-refractivity contribution >= 4 is 52.2 Å². The number of nitrogens with one attached hydrogen (secondary N) is 1. The molecule has 0 aromatic heterocycles. The molecule has 1 N–H and O–H groups in total. The number of nitrogens with zero attached hydrogens (tertiary/aromatic N) is 1. The van der Waals surface area contributed by atoms with Crippen molar-refractivity contribution in [1.82, 2.24) is 5.32 Å². The van der Waals surface area contributed by atoms with E-state index in [1.807, 2.05) is 19.9 Å². The van der Waals surface area contributed by atoms with Crippen molar-refractivity contribution in [2.75, 3.05) is 12.0 Å². The predicted octanol–water partition coefficient (Wildman–Crippen LogP) is 5.30. The number of urea groups is 1. The molecule has 0 bridgehead atoms. The second kappa shape index (κ2) is 10.5. The quantitative estimate of drug-likeness (QED) is 0.236. The summed E-state index contributed by atoms with van der Waals surface area (Å²) in [6.07, 6.45) is 1.41. The summed E-state index contributed by atoms with van der Waals surface area (Å²) in [5.74, 6) is -0.976. The van der Waals surface area contributed by atoms with Gasteiger partial charge in [-0.3, -0.25) is 14.9 Å². The number of hydrogen-bond donors (Lipinski definition) is 1. The molecule has 0 spiro atoms. The standard InChI is InChI=1S/C27H22FIN2O5/c1-15-8-16(2)10-20(9-15)31-26(33)21(25(32)30-27(31)34)11-18-12-22(29)24(23(13-18)35-3)36-14-17-4-6-19(28)7-5-17/h4-13H,14H2,1-3H3,(H,30,32,34)/b21-11+. The molecule has 7 nitrogen and oxygen atoms in total. The molecule has 1 aliphatic heterocycles. The van der Waals surface area contributed by atoms with Crippen molar-refractivity contribution in [2.24, 2.45) is 0 Å². The highest BCUT2D eigenvalue weighted by molar-refractivity contribution is 14.1. The number of halogens is 2. The first kappa shape index (κ1) is 25.4. The molecular formula is C27H22FIN2O5. The number of carbonyl (C=O) groups excluding carboxylic acids is 3. The first-order valence-corrected chi connectivity index (χ1v) is 12.0. The first-order valence-electron chi connectivity index (χ1n) is 10.9. The Morgan fingerprint density at radius 3 is 2.31 bits per heavy atom. The summed E-state index contributed by atoms with van der Waals surface area (Å²) in [4.78, 5) is 39.3. The van der Waals surface area contributed by atoms with E-state index < -0.39 is 17.8 Å². The fraction of sp³-hybridized carbons (Fsp3) is 0.148. The molecule has 36 heavy (non-hydrogen) atoms. The van der Waals surface area contributed by atoms with Crippen LogP contribution in [0.25, 0.3) is 6.08 Å². The Labute approximate surface area is 221 Å². The summed E-state index contributed by atoms with van der Waals surface area (Å²) < 4.78 is 25.2. The van der Waals surface area contributed by atoms with E-state index in [4.69, 9.17) is 9.47 Å². The SMILES string of the molecule is COc1cc(/C=C2\C(=O)NC(=O)N(c3cc(C)cc(C)c3)C2=O)cc(I)c1OCc1ccc(F)cc1. The Morgan fingerprint density at radius 1 is 1.00 bits per heavy atom. The van der Waals surface area contributed by atoms with Gasteiger partial charge in [0.2, 0.25) is 0 Å². The van der Waals surface area contributed by atoms with E-state index in [-0.39, 0.29) is 18.0 Å². The molecule has 1 aliphatic rings. The van der Waals surface area contributed by atoms with Gasteiger partial charge in [0.15, 0.2) is 11.5 Å². The number of carbonyl (C=O) groups is 3. The average Bonchev–Trinajstić information content (AvgIpc) is 2.81. The third-order valence-corrected chi connectivity index (χ3v) is 6.23. The lowest BCUT2D eigenvalue weighted by Crippen LogP contribution is -2.54. The largest absolute Gasteiger partial charge is 0.493 e. The van der Waals surface area contributed by atoms with Crippen LogP contribution in [-0.2, 0) is 16.2 Å². The van der Waals surface area contributed by atoms with Crippen molar-refractivity contribution in [3.05, 3.63) is 91.8 Å². The summed E-state index contributed by atoms with van der Waals surface area (Å²) in [6, 6.07) is 13.9. The predicted molar refractivity (Wildman–Crippen MR) is 141 cm³/mol. The summed E-state index contributed by atoms with van der Waals surface area (Å²) in [5, 5.41) is 2.24. The van der Waals surface area contributed by atoms with Crippen LogP contribution in [0.15, 0.2) is 60.2 Å². The van der Waals surface area contributed by atoms with Gasteiger partial charge < -0.3 is 9.47 Å². The minimum absolute atomic E-state index is 0.188. The fourth-order valence-electron chi connectivity index (χ4n) is 3.84. The molecule has 1 heterocycles. The van der Waals surface area contributed by atoms with Crippen LogP contribution in [0.1, 0.15) is 22.3 Å². The van der Waals surface area contributed by atoms with Gasteiger partial charge in [-0.15, -0.1) is 0 Å². The maximum atomic E-state index is 13.3. The van der Waals surface area contributed by atoms with Crippen LogP contribution in [0, 0.1) is 23.2 Å². The number of amides is 4. The number of barbiturate groups is 1. The van der Waals surface area contributed by atoms with Crippen molar-refractivity contribution in [1.29, 1.82) is 0 Å². The Balaban J connectivity index is 1.65. The molecule has 1 fully saturated rings. The second-order valence-corrected chi connectivity index (χ2v) is 9.42. The minimum atomic E-state index is -0.802. The van der Waals surface area contributed by atoms with Gasteiger partial charge in [-0.25, -0.2) is 14.1 Å². The summed E-state index contributed by atoms with van der Waals surface area (Å²) in [5.41, 5.74) is 3.24. The summed E-state index contributed by atoms with van der Waals surface area (Å²) in [7, 11) is 1.48. The highest BCUT2D eigenvalue weighted by atomic mass is 127. The van der Waals surface area contributed by atoms with Gasteiger partial charge in [0.1, 0.15) is 18.0 Å². The molecule has 9 heteroatoms.